The number of benzene rings is 2. The predicted octanol–water partition coefficient (Wildman–Crippen LogP) is 2.81. The molecule has 0 N–H and O–H groups in total. The van der Waals surface area contributed by atoms with Crippen LogP contribution in [-0.4, -0.2) is 19.6 Å². The van der Waals surface area contributed by atoms with Crippen molar-refractivity contribution in [3.63, 3.8) is 0 Å². The second-order valence-corrected chi connectivity index (χ2v) is 4.96. The second-order valence-electron chi connectivity index (χ2n) is 4.96. The third kappa shape index (κ3) is 2.10. The van der Waals surface area contributed by atoms with Gasteiger partial charge < -0.3 is 0 Å². The first-order chi connectivity index (χ1) is 10.9. The summed E-state index contributed by atoms with van der Waals surface area (Å²) < 4.78 is 39.2. The Balaban J connectivity index is 2.16. The fourth-order valence-electron chi connectivity index (χ4n) is 2.43. The number of aromatic nitrogens is 4. The van der Waals surface area contributed by atoms with Crippen molar-refractivity contribution in [2.45, 2.75) is 6.18 Å². The standard InChI is InChI=1S/C15H7F3N4O/c16-15(17,18)11-7-12(23)22-14(19-11)20-13-9-4-2-1-3-8(9)5-6-10(13)21-22/h1-7H. The lowest BCUT2D eigenvalue weighted by molar-refractivity contribution is -0.141. The molecule has 0 spiro atoms. The topological polar surface area (TPSA) is 60.2 Å². The van der Waals surface area contributed by atoms with E-state index in [1.165, 1.54) is 0 Å². The van der Waals surface area contributed by atoms with Gasteiger partial charge in [-0.3, -0.25) is 4.79 Å². The minimum absolute atomic E-state index is 0.381. The molecule has 114 valence electrons. The number of rotatable bonds is 0. The molecule has 0 aliphatic heterocycles. The Labute approximate surface area is 126 Å². The minimum Gasteiger partial charge on any atom is -0.267 e. The van der Waals surface area contributed by atoms with Gasteiger partial charge in [-0.2, -0.15) is 22.8 Å². The maximum atomic E-state index is 12.8. The van der Waals surface area contributed by atoms with Gasteiger partial charge in [0, 0.05) is 11.5 Å². The lowest BCUT2D eigenvalue weighted by atomic mass is 10.1. The van der Waals surface area contributed by atoms with E-state index in [1.54, 1.807) is 24.3 Å². The van der Waals surface area contributed by atoms with Gasteiger partial charge in [0.1, 0.15) is 11.0 Å². The molecule has 4 rings (SSSR count). The zero-order chi connectivity index (χ0) is 16.2. The summed E-state index contributed by atoms with van der Waals surface area (Å²) >= 11 is 0. The molecule has 0 atom stereocenters. The number of halogens is 3. The first-order valence-corrected chi connectivity index (χ1v) is 6.60. The van der Waals surface area contributed by atoms with Gasteiger partial charge in [-0.1, -0.05) is 30.3 Å². The van der Waals surface area contributed by atoms with E-state index in [0.29, 0.717) is 17.1 Å². The van der Waals surface area contributed by atoms with Gasteiger partial charge in [-0.05, 0) is 11.5 Å². The van der Waals surface area contributed by atoms with Crippen molar-refractivity contribution in [2.24, 2.45) is 0 Å². The zero-order valence-corrected chi connectivity index (χ0v) is 11.4. The molecule has 4 aromatic rings. The second kappa shape index (κ2) is 4.48. The number of fused-ring (bicyclic) bond motifs is 4. The van der Waals surface area contributed by atoms with Crippen molar-refractivity contribution >= 4 is 27.6 Å². The van der Waals surface area contributed by atoms with Gasteiger partial charge in [0.25, 0.3) is 11.3 Å². The van der Waals surface area contributed by atoms with E-state index in [0.717, 1.165) is 15.3 Å². The SMILES string of the molecule is O=c1cc(C(F)(F)F)nc2nc3c(ccc4ccccc43)nn12. The quantitative estimate of drug-likeness (QED) is 0.370. The summed E-state index contributed by atoms with van der Waals surface area (Å²) in [4.78, 5) is 19.4. The smallest absolute Gasteiger partial charge is 0.267 e. The molecule has 2 aromatic heterocycles. The van der Waals surface area contributed by atoms with E-state index in [9.17, 15) is 18.0 Å². The molecule has 0 saturated heterocycles. The number of hydrogen-bond acceptors (Lipinski definition) is 4. The van der Waals surface area contributed by atoms with Crippen LogP contribution in [0.1, 0.15) is 5.69 Å². The summed E-state index contributed by atoms with van der Waals surface area (Å²) in [5.41, 5.74) is -1.41. The highest BCUT2D eigenvalue weighted by atomic mass is 19.4. The third-order valence-corrected chi connectivity index (χ3v) is 3.47. The molecule has 0 radical (unpaired) electrons. The van der Waals surface area contributed by atoms with Crippen molar-refractivity contribution in [1.29, 1.82) is 0 Å². The van der Waals surface area contributed by atoms with Crippen LogP contribution in [0.3, 0.4) is 0 Å². The fourth-order valence-corrected chi connectivity index (χ4v) is 2.43. The highest BCUT2D eigenvalue weighted by Crippen LogP contribution is 2.27. The third-order valence-electron chi connectivity index (χ3n) is 3.47. The van der Waals surface area contributed by atoms with Crippen LogP contribution in [0.25, 0.3) is 27.6 Å². The van der Waals surface area contributed by atoms with Crippen molar-refractivity contribution in [3.8, 4) is 0 Å². The molecule has 0 bridgehead atoms. The van der Waals surface area contributed by atoms with Gasteiger partial charge in [0.05, 0.1) is 0 Å². The molecule has 0 unspecified atom stereocenters. The van der Waals surface area contributed by atoms with Crippen LogP contribution < -0.4 is 5.56 Å². The van der Waals surface area contributed by atoms with Crippen LogP contribution in [0, 0.1) is 0 Å². The molecule has 0 saturated carbocycles. The Kier molecular flexibility index (Phi) is 2.65. The van der Waals surface area contributed by atoms with E-state index in [2.05, 4.69) is 15.1 Å². The normalized spacial score (nSPS) is 12.3. The molecule has 0 aliphatic carbocycles. The van der Waals surface area contributed by atoms with Crippen LogP contribution >= 0.6 is 0 Å². The van der Waals surface area contributed by atoms with Crippen molar-refractivity contribution in [1.82, 2.24) is 19.6 Å². The van der Waals surface area contributed by atoms with Crippen molar-refractivity contribution < 1.29 is 13.2 Å². The Morgan fingerprint density at radius 2 is 1.78 bits per heavy atom. The summed E-state index contributed by atoms with van der Waals surface area (Å²) in [5.74, 6) is -0.381. The largest absolute Gasteiger partial charge is 0.433 e. The maximum absolute atomic E-state index is 12.8. The molecular formula is C15H7F3N4O. The predicted molar refractivity (Wildman–Crippen MR) is 77.1 cm³/mol. The summed E-state index contributed by atoms with van der Waals surface area (Å²) in [5, 5.41) is 5.66. The number of hydrogen-bond donors (Lipinski definition) is 0. The molecule has 0 fully saturated rings. The van der Waals surface area contributed by atoms with Crippen LogP contribution in [0.5, 0.6) is 0 Å². The van der Waals surface area contributed by atoms with Crippen LogP contribution in [0.15, 0.2) is 47.3 Å². The highest BCUT2D eigenvalue weighted by molar-refractivity contribution is 6.03. The Morgan fingerprint density at radius 1 is 1.00 bits per heavy atom. The summed E-state index contributed by atoms with van der Waals surface area (Å²) in [7, 11) is 0. The van der Waals surface area contributed by atoms with E-state index in [4.69, 9.17) is 0 Å². The van der Waals surface area contributed by atoms with Crippen molar-refractivity contribution in [2.75, 3.05) is 0 Å². The summed E-state index contributed by atoms with van der Waals surface area (Å²) in [6, 6.07) is 11.1. The Morgan fingerprint density at radius 3 is 2.57 bits per heavy atom. The molecule has 0 aliphatic rings. The molecule has 0 amide bonds. The van der Waals surface area contributed by atoms with E-state index in [-0.39, 0.29) is 5.78 Å². The Hall–Kier alpha value is -3.03. The van der Waals surface area contributed by atoms with Gasteiger partial charge >= 0.3 is 6.18 Å². The van der Waals surface area contributed by atoms with Crippen LogP contribution in [-0.2, 0) is 6.18 Å². The monoisotopic (exact) mass is 316 g/mol. The van der Waals surface area contributed by atoms with Gasteiger partial charge in [0.2, 0.25) is 0 Å². The molecular weight excluding hydrogens is 309 g/mol. The zero-order valence-electron chi connectivity index (χ0n) is 11.4. The van der Waals surface area contributed by atoms with E-state index < -0.39 is 17.4 Å². The molecule has 2 aromatic carbocycles. The van der Waals surface area contributed by atoms with Gasteiger partial charge in [0.15, 0.2) is 5.69 Å². The van der Waals surface area contributed by atoms with Gasteiger partial charge in [-0.15, -0.1) is 0 Å². The average Bonchev–Trinajstić information content (AvgIpc) is 2.52. The maximum Gasteiger partial charge on any atom is 0.433 e. The molecule has 5 nitrogen and oxygen atoms in total. The van der Waals surface area contributed by atoms with Crippen LogP contribution in [0.2, 0.25) is 0 Å². The first kappa shape index (κ1) is 13.6. The number of nitrogens with zero attached hydrogens (tertiary/aromatic N) is 4. The van der Waals surface area contributed by atoms with E-state index >= 15 is 0 Å². The highest BCUT2D eigenvalue weighted by Gasteiger charge is 2.33. The lowest BCUT2D eigenvalue weighted by Gasteiger charge is -2.08. The number of alkyl halides is 3. The van der Waals surface area contributed by atoms with Crippen molar-refractivity contribution in [3.05, 3.63) is 58.5 Å². The van der Waals surface area contributed by atoms with Crippen LogP contribution in [0.4, 0.5) is 13.2 Å². The lowest BCUT2D eigenvalue weighted by Crippen LogP contribution is -2.22. The average molecular weight is 316 g/mol. The summed E-state index contributed by atoms with van der Waals surface area (Å²) in [6.07, 6.45) is -4.72. The fraction of sp³-hybridized carbons (Fsp3) is 0.0667. The molecule has 23 heavy (non-hydrogen) atoms. The summed E-state index contributed by atoms with van der Waals surface area (Å²) in [6.45, 7) is 0. The Bertz CT molecular complexity index is 1130. The molecule has 2 heterocycles. The molecule has 8 heteroatoms. The van der Waals surface area contributed by atoms with Gasteiger partial charge in [-0.25, -0.2) is 9.97 Å². The first-order valence-electron chi connectivity index (χ1n) is 6.60. The van der Waals surface area contributed by atoms with E-state index in [1.807, 2.05) is 12.1 Å². The minimum atomic E-state index is -4.72.